The second-order valence-electron chi connectivity index (χ2n) is 7.60. The number of hydrogen-bond donors (Lipinski definition) is 0. The van der Waals surface area contributed by atoms with E-state index in [1.165, 1.54) is 24.3 Å². The van der Waals surface area contributed by atoms with Crippen molar-refractivity contribution in [3.05, 3.63) is 105 Å². The smallest absolute Gasteiger partial charge is 0.293 e. The molecule has 1 aliphatic heterocycles. The highest BCUT2D eigenvalue weighted by Crippen LogP contribution is 2.35. The first-order valence-corrected chi connectivity index (χ1v) is 11.7. The minimum atomic E-state index is -0.499. The zero-order valence-electron chi connectivity index (χ0n) is 18.9. The van der Waals surface area contributed by atoms with Crippen molar-refractivity contribution in [3.63, 3.8) is 0 Å². The van der Waals surface area contributed by atoms with Gasteiger partial charge in [-0.3, -0.25) is 24.6 Å². The molecule has 0 aliphatic carbocycles. The molecule has 0 unspecified atom stereocenters. The Kier molecular flexibility index (Phi) is 7.47. The number of hydrogen-bond acceptors (Lipinski definition) is 7. The van der Waals surface area contributed by atoms with Gasteiger partial charge >= 0.3 is 0 Å². The summed E-state index contributed by atoms with van der Waals surface area (Å²) >= 11 is 0.853. The van der Waals surface area contributed by atoms with Crippen LogP contribution in [0, 0.1) is 10.1 Å². The monoisotopic (exact) mass is 490 g/mol. The minimum Gasteiger partial charge on any atom is -0.490 e. The zero-order chi connectivity index (χ0) is 24.8. The van der Waals surface area contributed by atoms with Crippen LogP contribution in [-0.4, -0.2) is 27.6 Å². The van der Waals surface area contributed by atoms with Crippen molar-refractivity contribution in [2.24, 2.45) is 0 Å². The number of amides is 2. The van der Waals surface area contributed by atoms with Crippen LogP contribution < -0.4 is 9.47 Å². The molecule has 0 aromatic heterocycles. The van der Waals surface area contributed by atoms with E-state index < -0.39 is 16.1 Å². The van der Waals surface area contributed by atoms with Crippen molar-refractivity contribution in [1.29, 1.82) is 0 Å². The molecule has 0 N–H and O–H groups in total. The van der Waals surface area contributed by atoms with Gasteiger partial charge in [-0.15, -0.1) is 0 Å². The number of nitrogens with zero attached hydrogens (tertiary/aromatic N) is 2. The molecule has 8 nitrogen and oxygen atoms in total. The van der Waals surface area contributed by atoms with Crippen LogP contribution in [0.4, 0.5) is 10.5 Å². The predicted octanol–water partition coefficient (Wildman–Crippen LogP) is 5.81. The van der Waals surface area contributed by atoms with Crippen LogP contribution in [0.15, 0.2) is 77.7 Å². The summed E-state index contributed by atoms with van der Waals surface area (Å²) in [5.74, 6) is 0.710. The fraction of sp³-hybridized carbons (Fsp3) is 0.154. The highest BCUT2D eigenvalue weighted by molar-refractivity contribution is 8.18. The van der Waals surface area contributed by atoms with Crippen LogP contribution in [-0.2, 0) is 17.9 Å². The normalized spacial score (nSPS) is 14.4. The van der Waals surface area contributed by atoms with Crippen molar-refractivity contribution in [1.82, 2.24) is 4.90 Å². The van der Waals surface area contributed by atoms with Crippen LogP contribution in [0.1, 0.15) is 23.6 Å². The van der Waals surface area contributed by atoms with Crippen molar-refractivity contribution in [2.75, 3.05) is 6.61 Å². The Morgan fingerprint density at radius 2 is 1.69 bits per heavy atom. The first kappa shape index (κ1) is 24.0. The van der Waals surface area contributed by atoms with Gasteiger partial charge in [0.15, 0.2) is 11.5 Å². The molecular weight excluding hydrogens is 468 g/mol. The highest BCUT2D eigenvalue weighted by atomic mass is 32.2. The lowest BCUT2D eigenvalue weighted by atomic mass is 10.1. The van der Waals surface area contributed by atoms with Gasteiger partial charge in [-0.1, -0.05) is 48.5 Å². The molecule has 0 saturated carbocycles. The maximum atomic E-state index is 12.9. The van der Waals surface area contributed by atoms with Gasteiger partial charge in [0, 0.05) is 12.1 Å². The molecule has 1 saturated heterocycles. The van der Waals surface area contributed by atoms with Crippen molar-refractivity contribution in [3.8, 4) is 11.5 Å². The van der Waals surface area contributed by atoms with Gasteiger partial charge in [0.2, 0.25) is 0 Å². The third kappa shape index (κ3) is 5.88. The molecule has 1 aliphatic rings. The molecule has 3 aromatic carbocycles. The molecule has 0 bridgehead atoms. The molecule has 9 heteroatoms. The Morgan fingerprint density at radius 3 is 2.37 bits per heavy atom. The Balaban J connectivity index is 1.49. The minimum absolute atomic E-state index is 0.0382. The van der Waals surface area contributed by atoms with Gasteiger partial charge in [-0.05, 0) is 53.6 Å². The van der Waals surface area contributed by atoms with Gasteiger partial charge in [-0.2, -0.15) is 0 Å². The van der Waals surface area contributed by atoms with Gasteiger partial charge in [-0.25, -0.2) is 0 Å². The third-order valence-corrected chi connectivity index (χ3v) is 6.07. The van der Waals surface area contributed by atoms with Gasteiger partial charge in [0.1, 0.15) is 6.61 Å². The molecule has 0 atom stereocenters. The average Bonchev–Trinajstić information content (AvgIpc) is 3.12. The standard InChI is InChI=1S/C26H22N2O6S/c1-2-33-23-14-20(10-13-22(23)34-17-19-6-4-3-5-7-19)15-24-25(29)27(26(30)35-24)16-18-8-11-21(12-9-18)28(31)32/h3-15H,2,16-17H2,1H3/b24-15+. The van der Waals surface area contributed by atoms with E-state index in [4.69, 9.17) is 9.47 Å². The van der Waals surface area contributed by atoms with E-state index in [1.807, 2.05) is 37.3 Å². The van der Waals surface area contributed by atoms with E-state index in [9.17, 15) is 19.7 Å². The summed E-state index contributed by atoms with van der Waals surface area (Å²) in [6.07, 6.45) is 1.64. The molecule has 0 spiro atoms. The molecule has 1 fully saturated rings. The maximum Gasteiger partial charge on any atom is 0.293 e. The number of carbonyl (C=O) groups is 2. The number of nitro groups is 1. The molecule has 1 heterocycles. The molecule has 0 radical (unpaired) electrons. The topological polar surface area (TPSA) is 99.0 Å². The average molecular weight is 491 g/mol. The van der Waals surface area contributed by atoms with Gasteiger partial charge < -0.3 is 9.47 Å². The Labute approximate surface area is 206 Å². The Hall–Kier alpha value is -4.11. The van der Waals surface area contributed by atoms with Crippen LogP contribution in [0.2, 0.25) is 0 Å². The van der Waals surface area contributed by atoms with Gasteiger partial charge in [0.05, 0.1) is 23.0 Å². The number of ether oxygens (including phenoxy) is 2. The summed E-state index contributed by atoms with van der Waals surface area (Å²) < 4.78 is 11.7. The van der Waals surface area contributed by atoms with Crippen LogP contribution in [0.25, 0.3) is 6.08 Å². The Morgan fingerprint density at radius 1 is 0.943 bits per heavy atom. The lowest BCUT2D eigenvalue weighted by molar-refractivity contribution is -0.384. The second kappa shape index (κ2) is 10.9. The number of carbonyl (C=O) groups excluding carboxylic acids is 2. The van der Waals surface area contributed by atoms with E-state index >= 15 is 0 Å². The van der Waals surface area contributed by atoms with E-state index in [-0.39, 0.29) is 17.1 Å². The molecule has 178 valence electrons. The fourth-order valence-electron chi connectivity index (χ4n) is 3.43. The van der Waals surface area contributed by atoms with E-state index in [0.717, 1.165) is 22.2 Å². The van der Waals surface area contributed by atoms with Gasteiger partial charge in [0.25, 0.3) is 16.8 Å². The summed E-state index contributed by atoms with van der Waals surface area (Å²) in [6, 6.07) is 20.9. The van der Waals surface area contributed by atoms with Crippen LogP contribution in [0.3, 0.4) is 0 Å². The summed E-state index contributed by atoms with van der Waals surface area (Å²) in [7, 11) is 0. The third-order valence-electron chi connectivity index (χ3n) is 5.16. The first-order chi connectivity index (χ1) is 16.9. The van der Waals surface area contributed by atoms with Crippen molar-refractivity contribution in [2.45, 2.75) is 20.1 Å². The van der Waals surface area contributed by atoms with E-state index in [1.54, 1.807) is 24.3 Å². The molecule has 35 heavy (non-hydrogen) atoms. The Bertz CT molecular complexity index is 1270. The maximum absolute atomic E-state index is 12.9. The SMILES string of the molecule is CCOc1cc(/C=C2/SC(=O)N(Cc3ccc([N+](=O)[O-])cc3)C2=O)ccc1OCc1ccccc1. The molecule has 2 amide bonds. The van der Waals surface area contributed by atoms with E-state index in [0.29, 0.717) is 35.8 Å². The lowest BCUT2D eigenvalue weighted by Crippen LogP contribution is -2.27. The highest BCUT2D eigenvalue weighted by Gasteiger charge is 2.35. The fourth-order valence-corrected chi connectivity index (χ4v) is 4.27. The summed E-state index contributed by atoms with van der Waals surface area (Å²) in [5, 5.41) is 10.4. The summed E-state index contributed by atoms with van der Waals surface area (Å²) in [5.41, 5.74) is 2.30. The number of rotatable bonds is 9. The number of nitro benzene ring substituents is 1. The molecule has 4 rings (SSSR count). The largest absolute Gasteiger partial charge is 0.490 e. The molecule has 3 aromatic rings. The number of thioether (sulfide) groups is 1. The first-order valence-electron chi connectivity index (χ1n) is 10.9. The summed E-state index contributed by atoms with van der Waals surface area (Å²) in [6.45, 7) is 2.74. The molecular formula is C26H22N2O6S. The summed E-state index contributed by atoms with van der Waals surface area (Å²) in [4.78, 5) is 37.1. The van der Waals surface area contributed by atoms with Crippen molar-refractivity contribution < 1.29 is 24.0 Å². The number of benzene rings is 3. The quantitative estimate of drug-likeness (QED) is 0.212. The second-order valence-corrected chi connectivity index (χ2v) is 8.60. The number of imide groups is 1. The lowest BCUT2D eigenvalue weighted by Gasteiger charge is -2.13. The number of non-ortho nitro benzene ring substituents is 1. The van der Waals surface area contributed by atoms with Crippen LogP contribution in [0.5, 0.6) is 11.5 Å². The zero-order valence-corrected chi connectivity index (χ0v) is 19.7. The van der Waals surface area contributed by atoms with E-state index in [2.05, 4.69) is 0 Å². The van der Waals surface area contributed by atoms with Crippen LogP contribution >= 0.6 is 11.8 Å². The van der Waals surface area contributed by atoms with Crippen molar-refractivity contribution >= 4 is 34.7 Å². The predicted molar refractivity (Wildman–Crippen MR) is 133 cm³/mol.